The smallest absolute Gasteiger partial charge is 0.0553 e. The van der Waals surface area contributed by atoms with Crippen LogP contribution in [-0.4, -0.2) is 48.3 Å². The summed E-state index contributed by atoms with van der Waals surface area (Å²) in [6.45, 7) is 6.54. The van der Waals surface area contributed by atoms with Gasteiger partial charge in [-0.15, -0.1) is 0 Å². The van der Waals surface area contributed by atoms with Gasteiger partial charge in [0.1, 0.15) is 0 Å². The third-order valence-corrected chi connectivity index (χ3v) is 5.01. The summed E-state index contributed by atoms with van der Waals surface area (Å²) in [4.78, 5) is 2.60. The molecule has 2 N–H and O–H groups in total. The molecule has 0 aromatic carbocycles. The van der Waals surface area contributed by atoms with Crippen LogP contribution in [0.3, 0.4) is 0 Å². The standard InChI is InChI=1S/C14H28N2O/c1-10(12-5-4-6-12)16-8-13(11(2)17)7-14(9-16)15-3/h10-15,17H,4-9H2,1-3H3. The highest BCUT2D eigenvalue weighted by Crippen LogP contribution is 2.34. The summed E-state index contributed by atoms with van der Waals surface area (Å²) in [5.41, 5.74) is 0. The summed E-state index contributed by atoms with van der Waals surface area (Å²) in [7, 11) is 2.04. The normalized spacial score (nSPS) is 35.3. The molecule has 2 aliphatic rings. The Labute approximate surface area is 106 Å². The fourth-order valence-electron chi connectivity index (χ4n) is 3.28. The number of hydrogen-bond donors (Lipinski definition) is 2. The van der Waals surface area contributed by atoms with E-state index in [9.17, 15) is 5.11 Å². The van der Waals surface area contributed by atoms with Crippen molar-refractivity contribution in [3.63, 3.8) is 0 Å². The molecule has 4 atom stereocenters. The number of aliphatic hydroxyl groups is 1. The lowest BCUT2D eigenvalue weighted by Gasteiger charge is -2.46. The molecule has 1 heterocycles. The van der Waals surface area contributed by atoms with Crippen LogP contribution in [0.4, 0.5) is 0 Å². The molecule has 0 spiro atoms. The van der Waals surface area contributed by atoms with Crippen molar-refractivity contribution < 1.29 is 5.11 Å². The van der Waals surface area contributed by atoms with Gasteiger partial charge < -0.3 is 10.4 Å². The molecule has 17 heavy (non-hydrogen) atoms. The van der Waals surface area contributed by atoms with E-state index in [1.807, 2.05) is 14.0 Å². The van der Waals surface area contributed by atoms with Crippen LogP contribution in [0.25, 0.3) is 0 Å². The van der Waals surface area contributed by atoms with E-state index in [-0.39, 0.29) is 6.10 Å². The fourth-order valence-corrected chi connectivity index (χ4v) is 3.28. The average Bonchev–Trinajstić information content (AvgIpc) is 2.25. The van der Waals surface area contributed by atoms with Gasteiger partial charge in [-0.2, -0.15) is 0 Å². The number of hydrogen-bond acceptors (Lipinski definition) is 3. The Balaban J connectivity index is 1.95. The highest BCUT2D eigenvalue weighted by atomic mass is 16.3. The Morgan fingerprint density at radius 1 is 1.18 bits per heavy atom. The predicted octanol–water partition coefficient (Wildman–Crippen LogP) is 1.47. The van der Waals surface area contributed by atoms with Gasteiger partial charge in [-0.3, -0.25) is 4.90 Å². The Morgan fingerprint density at radius 2 is 1.88 bits per heavy atom. The summed E-state index contributed by atoms with van der Waals surface area (Å²) in [5.74, 6) is 1.34. The van der Waals surface area contributed by atoms with Gasteiger partial charge in [0.05, 0.1) is 6.10 Å². The van der Waals surface area contributed by atoms with Crippen LogP contribution in [0.1, 0.15) is 39.5 Å². The van der Waals surface area contributed by atoms with Crippen LogP contribution in [0.2, 0.25) is 0 Å². The monoisotopic (exact) mass is 240 g/mol. The van der Waals surface area contributed by atoms with Gasteiger partial charge in [0.25, 0.3) is 0 Å². The minimum Gasteiger partial charge on any atom is -0.393 e. The number of piperidine rings is 1. The van der Waals surface area contributed by atoms with Crippen molar-refractivity contribution in [2.24, 2.45) is 11.8 Å². The number of likely N-dealkylation sites (tertiary alicyclic amines) is 1. The van der Waals surface area contributed by atoms with Crippen LogP contribution >= 0.6 is 0 Å². The van der Waals surface area contributed by atoms with Crippen molar-refractivity contribution in [1.82, 2.24) is 10.2 Å². The first kappa shape index (κ1) is 13.3. The van der Waals surface area contributed by atoms with Crippen molar-refractivity contribution in [3.8, 4) is 0 Å². The molecule has 1 aliphatic heterocycles. The largest absolute Gasteiger partial charge is 0.393 e. The van der Waals surface area contributed by atoms with E-state index >= 15 is 0 Å². The van der Waals surface area contributed by atoms with Gasteiger partial charge in [0.15, 0.2) is 0 Å². The molecule has 1 saturated carbocycles. The van der Waals surface area contributed by atoms with Gasteiger partial charge in [0.2, 0.25) is 0 Å². The molecule has 0 aromatic rings. The molecule has 0 radical (unpaired) electrons. The second-order valence-electron chi connectivity index (χ2n) is 6.11. The van der Waals surface area contributed by atoms with Crippen LogP contribution in [0, 0.1) is 11.8 Å². The van der Waals surface area contributed by atoms with E-state index < -0.39 is 0 Å². The molecule has 0 bridgehead atoms. The molecule has 100 valence electrons. The number of nitrogens with zero attached hydrogens (tertiary/aromatic N) is 1. The molecule has 4 unspecified atom stereocenters. The van der Waals surface area contributed by atoms with Gasteiger partial charge in [-0.05, 0) is 52.0 Å². The first-order valence-corrected chi connectivity index (χ1v) is 7.21. The fraction of sp³-hybridized carbons (Fsp3) is 1.00. The zero-order valence-corrected chi connectivity index (χ0v) is 11.5. The lowest BCUT2D eigenvalue weighted by atomic mass is 9.78. The lowest BCUT2D eigenvalue weighted by molar-refractivity contribution is 0.00980. The molecule has 3 heteroatoms. The van der Waals surface area contributed by atoms with Crippen LogP contribution in [-0.2, 0) is 0 Å². The highest BCUT2D eigenvalue weighted by molar-refractivity contribution is 4.90. The highest BCUT2D eigenvalue weighted by Gasteiger charge is 2.35. The lowest BCUT2D eigenvalue weighted by Crippen LogP contribution is -2.55. The number of rotatable bonds is 4. The zero-order valence-electron chi connectivity index (χ0n) is 11.5. The van der Waals surface area contributed by atoms with Gasteiger partial charge in [-0.25, -0.2) is 0 Å². The molecular formula is C14H28N2O. The number of nitrogens with one attached hydrogen (secondary N) is 1. The molecule has 2 rings (SSSR count). The second kappa shape index (κ2) is 5.68. The minimum absolute atomic E-state index is 0.178. The summed E-state index contributed by atoms with van der Waals surface area (Å²) in [6.07, 6.45) is 5.16. The van der Waals surface area contributed by atoms with Gasteiger partial charge >= 0.3 is 0 Å². The molecular weight excluding hydrogens is 212 g/mol. The SMILES string of the molecule is CNC1CC(C(C)O)CN(C(C)C2CCC2)C1. The van der Waals surface area contributed by atoms with Gasteiger partial charge in [-0.1, -0.05) is 6.42 Å². The van der Waals surface area contributed by atoms with Crippen LogP contribution in [0.15, 0.2) is 0 Å². The zero-order chi connectivity index (χ0) is 12.4. The molecule has 1 saturated heterocycles. The van der Waals surface area contributed by atoms with E-state index in [1.165, 1.54) is 19.3 Å². The van der Waals surface area contributed by atoms with Gasteiger partial charge in [0, 0.05) is 25.2 Å². The van der Waals surface area contributed by atoms with Crippen molar-refractivity contribution in [2.75, 3.05) is 20.1 Å². The molecule has 0 amide bonds. The summed E-state index contributed by atoms with van der Waals surface area (Å²) in [5, 5.41) is 13.2. The maximum atomic E-state index is 9.85. The van der Waals surface area contributed by atoms with Crippen LogP contribution in [0.5, 0.6) is 0 Å². The molecule has 3 nitrogen and oxygen atoms in total. The summed E-state index contributed by atoms with van der Waals surface area (Å²) < 4.78 is 0. The quantitative estimate of drug-likeness (QED) is 0.781. The maximum absolute atomic E-state index is 9.85. The number of aliphatic hydroxyl groups excluding tert-OH is 1. The van der Waals surface area contributed by atoms with E-state index in [1.54, 1.807) is 0 Å². The first-order chi connectivity index (χ1) is 8.11. The van der Waals surface area contributed by atoms with Crippen molar-refractivity contribution in [3.05, 3.63) is 0 Å². The second-order valence-corrected chi connectivity index (χ2v) is 6.11. The topological polar surface area (TPSA) is 35.5 Å². The Kier molecular flexibility index (Phi) is 4.45. The molecule has 1 aliphatic carbocycles. The third-order valence-electron chi connectivity index (χ3n) is 5.01. The van der Waals surface area contributed by atoms with E-state index in [0.717, 1.165) is 25.4 Å². The Bertz CT molecular complexity index is 240. The summed E-state index contributed by atoms with van der Waals surface area (Å²) in [6, 6.07) is 1.24. The minimum atomic E-state index is -0.178. The van der Waals surface area contributed by atoms with Crippen molar-refractivity contribution >= 4 is 0 Å². The third kappa shape index (κ3) is 3.01. The molecule has 0 aromatic heterocycles. The summed E-state index contributed by atoms with van der Waals surface area (Å²) >= 11 is 0. The number of likely N-dealkylation sites (N-methyl/N-ethyl adjacent to an activating group) is 1. The van der Waals surface area contributed by atoms with Crippen molar-refractivity contribution in [2.45, 2.75) is 57.7 Å². The predicted molar refractivity (Wildman–Crippen MR) is 71.0 cm³/mol. The van der Waals surface area contributed by atoms with Crippen LogP contribution < -0.4 is 5.32 Å². The molecule has 2 fully saturated rings. The van der Waals surface area contributed by atoms with E-state index in [4.69, 9.17) is 0 Å². The Hall–Kier alpha value is -0.120. The maximum Gasteiger partial charge on any atom is 0.0553 e. The Morgan fingerprint density at radius 3 is 2.35 bits per heavy atom. The van der Waals surface area contributed by atoms with Crippen molar-refractivity contribution in [1.29, 1.82) is 0 Å². The average molecular weight is 240 g/mol. The first-order valence-electron chi connectivity index (χ1n) is 7.21. The van der Waals surface area contributed by atoms with E-state index in [2.05, 4.69) is 17.1 Å². The van der Waals surface area contributed by atoms with E-state index in [0.29, 0.717) is 18.0 Å².